The van der Waals surface area contributed by atoms with E-state index in [9.17, 15) is 0 Å². The van der Waals surface area contributed by atoms with E-state index in [1.54, 1.807) is 6.33 Å². The largest absolute Gasteiger partial charge is 0.245 e. The molecule has 1 unspecified atom stereocenters. The third-order valence-corrected chi connectivity index (χ3v) is 3.34. The Hall–Kier alpha value is -0.920. The molecular formula is C15H26N2. The van der Waals surface area contributed by atoms with Crippen molar-refractivity contribution >= 4 is 0 Å². The molecule has 0 spiro atoms. The van der Waals surface area contributed by atoms with Crippen LogP contribution in [0, 0.1) is 0 Å². The summed E-state index contributed by atoms with van der Waals surface area (Å²) in [6.45, 7) is 4.52. The minimum Gasteiger partial charge on any atom is -0.245 e. The minimum atomic E-state index is 0.648. The van der Waals surface area contributed by atoms with E-state index < -0.39 is 0 Å². The number of aromatic nitrogens is 2. The highest BCUT2D eigenvalue weighted by molar-refractivity contribution is 5.05. The normalized spacial score (nSPS) is 12.6. The van der Waals surface area contributed by atoms with Crippen molar-refractivity contribution in [3.63, 3.8) is 0 Å². The second-order valence-corrected chi connectivity index (χ2v) is 4.82. The molecule has 0 aliphatic rings. The lowest BCUT2D eigenvalue weighted by Crippen LogP contribution is -2.02. The Bertz CT molecular complexity index is 272. The summed E-state index contributed by atoms with van der Waals surface area (Å²) in [6.07, 6.45) is 14.1. The molecule has 1 aromatic heterocycles. The van der Waals surface area contributed by atoms with Gasteiger partial charge in [-0.25, -0.2) is 9.97 Å². The van der Waals surface area contributed by atoms with Crippen molar-refractivity contribution in [1.29, 1.82) is 0 Å². The smallest absolute Gasteiger partial charge is 0.115 e. The zero-order valence-corrected chi connectivity index (χ0v) is 11.4. The maximum absolute atomic E-state index is 4.42. The molecule has 2 nitrogen and oxygen atoms in total. The Morgan fingerprint density at radius 2 is 1.76 bits per heavy atom. The summed E-state index contributed by atoms with van der Waals surface area (Å²) in [6, 6.07) is 2.08. The molecule has 2 heteroatoms. The van der Waals surface area contributed by atoms with Crippen molar-refractivity contribution in [1.82, 2.24) is 9.97 Å². The van der Waals surface area contributed by atoms with E-state index in [1.807, 2.05) is 6.20 Å². The van der Waals surface area contributed by atoms with Crippen molar-refractivity contribution < 1.29 is 0 Å². The molecule has 1 aromatic rings. The average Bonchev–Trinajstić information content (AvgIpc) is 2.39. The summed E-state index contributed by atoms with van der Waals surface area (Å²) in [4.78, 5) is 8.43. The van der Waals surface area contributed by atoms with Crippen LogP contribution in [0.3, 0.4) is 0 Å². The van der Waals surface area contributed by atoms with Crippen LogP contribution in [0.1, 0.15) is 76.8 Å². The van der Waals surface area contributed by atoms with Gasteiger partial charge in [0.05, 0.1) is 0 Å². The van der Waals surface area contributed by atoms with Gasteiger partial charge in [-0.1, -0.05) is 52.4 Å². The number of hydrogen-bond donors (Lipinski definition) is 0. The second kappa shape index (κ2) is 9.15. The SMILES string of the molecule is CCCCCCC(CCCC)c1ccncn1. The molecule has 0 N–H and O–H groups in total. The number of unbranched alkanes of at least 4 members (excludes halogenated alkanes) is 4. The highest BCUT2D eigenvalue weighted by Gasteiger charge is 2.11. The topological polar surface area (TPSA) is 25.8 Å². The number of hydrogen-bond acceptors (Lipinski definition) is 2. The van der Waals surface area contributed by atoms with Gasteiger partial charge in [0.25, 0.3) is 0 Å². The zero-order chi connectivity index (χ0) is 12.3. The van der Waals surface area contributed by atoms with Gasteiger partial charge in [0, 0.05) is 17.8 Å². The van der Waals surface area contributed by atoms with Crippen molar-refractivity contribution in [3.8, 4) is 0 Å². The highest BCUT2D eigenvalue weighted by Crippen LogP contribution is 2.26. The minimum absolute atomic E-state index is 0.648. The number of nitrogens with zero attached hydrogens (tertiary/aromatic N) is 2. The lowest BCUT2D eigenvalue weighted by Gasteiger charge is -2.15. The van der Waals surface area contributed by atoms with Crippen LogP contribution < -0.4 is 0 Å². The first-order valence-electron chi connectivity index (χ1n) is 7.14. The van der Waals surface area contributed by atoms with E-state index in [0.29, 0.717) is 5.92 Å². The van der Waals surface area contributed by atoms with E-state index in [1.165, 1.54) is 57.1 Å². The Labute approximate surface area is 106 Å². The molecule has 1 rings (SSSR count). The fourth-order valence-corrected chi connectivity index (χ4v) is 2.25. The fourth-order valence-electron chi connectivity index (χ4n) is 2.25. The molecule has 0 aliphatic carbocycles. The summed E-state index contributed by atoms with van der Waals surface area (Å²) < 4.78 is 0. The van der Waals surface area contributed by atoms with Gasteiger partial charge in [-0.15, -0.1) is 0 Å². The van der Waals surface area contributed by atoms with Crippen molar-refractivity contribution in [3.05, 3.63) is 24.3 Å². The maximum atomic E-state index is 4.42. The van der Waals surface area contributed by atoms with E-state index in [2.05, 4.69) is 29.9 Å². The Balaban J connectivity index is 2.43. The molecule has 0 saturated heterocycles. The number of rotatable bonds is 9. The maximum Gasteiger partial charge on any atom is 0.115 e. The Kier molecular flexibility index (Phi) is 7.61. The summed E-state index contributed by atoms with van der Waals surface area (Å²) >= 11 is 0. The van der Waals surface area contributed by atoms with Crippen LogP contribution in [-0.4, -0.2) is 9.97 Å². The summed E-state index contributed by atoms with van der Waals surface area (Å²) in [5, 5.41) is 0. The molecule has 0 fully saturated rings. The monoisotopic (exact) mass is 234 g/mol. The summed E-state index contributed by atoms with van der Waals surface area (Å²) in [7, 11) is 0. The summed E-state index contributed by atoms with van der Waals surface area (Å²) in [5.41, 5.74) is 1.24. The Morgan fingerprint density at radius 3 is 2.41 bits per heavy atom. The molecule has 0 aliphatic heterocycles. The van der Waals surface area contributed by atoms with Crippen LogP contribution in [0.2, 0.25) is 0 Å². The van der Waals surface area contributed by atoms with Crippen LogP contribution in [0.4, 0.5) is 0 Å². The van der Waals surface area contributed by atoms with Gasteiger partial charge in [-0.3, -0.25) is 0 Å². The van der Waals surface area contributed by atoms with Crippen LogP contribution in [0.15, 0.2) is 18.6 Å². The predicted octanol–water partition coefficient (Wildman–Crippen LogP) is 4.72. The molecule has 0 aromatic carbocycles. The lowest BCUT2D eigenvalue weighted by atomic mass is 9.92. The zero-order valence-electron chi connectivity index (χ0n) is 11.4. The molecule has 0 radical (unpaired) electrons. The first-order chi connectivity index (χ1) is 8.38. The molecular weight excluding hydrogens is 208 g/mol. The first-order valence-corrected chi connectivity index (χ1v) is 7.14. The van der Waals surface area contributed by atoms with Gasteiger partial charge in [0.15, 0.2) is 0 Å². The highest BCUT2D eigenvalue weighted by atomic mass is 14.8. The van der Waals surface area contributed by atoms with Crippen LogP contribution in [0.25, 0.3) is 0 Å². The van der Waals surface area contributed by atoms with Crippen LogP contribution >= 0.6 is 0 Å². The average molecular weight is 234 g/mol. The fraction of sp³-hybridized carbons (Fsp3) is 0.733. The van der Waals surface area contributed by atoms with E-state index in [-0.39, 0.29) is 0 Å². The van der Waals surface area contributed by atoms with Crippen LogP contribution in [-0.2, 0) is 0 Å². The quantitative estimate of drug-likeness (QED) is 0.578. The van der Waals surface area contributed by atoms with Gasteiger partial charge >= 0.3 is 0 Å². The van der Waals surface area contributed by atoms with Gasteiger partial charge < -0.3 is 0 Å². The van der Waals surface area contributed by atoms with E-state index in [0.717, 1.165) is 0 Å². The second-order valence-electron chi connectivity index (χ2n) is 4.82. The van der Waals surface area contributed by atoms with Crippen molar-refractivity contribution in [2.24, 2.45) is 0 Å². The molecule has 0 saturated carbocycles. The van der Waals surface area contributed by atoms with Gasteiger partial charge in [-0.05, 0) is 18.9 Å². The van der Waals surface area contributed by atoms with Gasteiger partial charge in [-0.2, -0.15) is 0 Å². The molecule has 0 amide bonds. The van der Waals surface area contributed by atoms with Crippen molar-refractivity contribution in [2.75, 3.05) is 0 Å². The summed E-state index contributed by atoms with van der Waals surface area (Å²) in [5.74, 6) is 0.648. The van der Waals surface area contributed by atoms with E-state index in [4.69, 9.17) is 0 Å². The molecule has 0 bridgehead atoms. The van der Waals surface area contributed by atoms with Crippen LogP contribution in [0.5, 0.6) is 0 Å². The van der Waals surface area contributed by atoms with Gasteiger partial charge in [0.1, 0.15) is 6.33 Å². The lowest BCUT2D eigenvalue weighted by molar-refractivity contribution is 0.499. The molecule has 1 atom stereocenters. The third-order valence-electron chi connectivity index (χ3n) is 3.34. The Morgan fingerprint density at radius 1 is 1.00 bits per heavy atom. The first kappa shape index (κ1) is 14.1. The third kappa shape index (κ3) is 5.81. The van der Waals surface area contributed by atoms with Gasteiger partial charge in [0.2, 0.25) is 0 Å². The molecule has 1 heterocycles. The molecule has 96 valence electrons. The van der Waals surface area contributed by atoms with Crippen molar-refractivity contribution in [2.45, 2.75) is 71.1 Å². The van der Waals surface area contributed by atoms with E-state index >= 15 is 0 Å². The standard InChI is InChI=1S/C15H26N2/c1-3-5-7-8-10-14(9-6-4-2)15-11-12-16-13-17-15/h11-14H,3-10H2,1-2H3. The predicted molar refractivity (Wildman–Crippen MR) is 73.1 cm³/mol. The molecule has 17 heavy (non-hydrogen) atoms.